The molecule has 2 aromatic heterocycles. The first-order chi connectivity index (χ1) is 8.79. The van der Waals surface area contributed by atoms with Gasteiger partial charge in [-0.05, 0) is 37.7 Å². The molecule has 0 aliphatic heterocycles. The van der Waals surface area contributed by atoms with Crippen LogP contribution in [0.5, 0.6) is 0 Å². The molecule has 0 aromatic carbocycles. The van der Waals surface area contributed by atoms with Crippen molar-refractivity contribution in [1.29, 1.82) is 0 Å². The molecule has 3 nitrogen and oxygen atoms in total. The molecule has 5 heteroatoms. The van der Waals surface area contributed by atoms with E-state index in [0.717, 1.165) is 40.4 Å². The Hall–Kier alpha value is -0.810. The second-order valence-electron chi connectivity index (χ2n) is 4.61. The van der Waals surface area contributed by atoms with Gasteiger partial charge in [-0.25, -0.2) is 4.98 Å². The average Bonchev–Trinajstić information content (AvgIpc) is 2.74. The number of fused-ring (bicyclic) bond motifs is 3. The van der Waals surface area contributed by atoms with Crippen LogP contribution in [0, 0.1) is 0 Å². The van der Waals surface area contributed by atoms with Gasteiger partial charge in [-0.2, -0.15) is 0 Å². The van der Waals surface area contributed by atoms with E-state index in [1.54, 1.807) is 23.1 Å². The molecule has 96 valence electrons. The lowest BCUT2D eigenvalue weighted by Gasteiger charge is -2.09. The highest BCUT2D eigenvalue weighted by Gasteiger charge is 2.19. The second-order valence-corrected chi connectivity index (χ2v) is 6.78. The van der Waals surface area contributed by atoms with Crippen LogP contribution in [-0.2, 0) is 12.8 Å². The fourth-order valence-corrected chi connectivity index (χ4v) is 4.45. The zero-order chi connectivity index (χ0) is 12.5. The SMILES string of the molecule is CCCSc1nc2sc3c(c2c(=O)[nH]1)CCCC3. The van der Waals surface area contributed by atoms with E-state index >= 15 is 0 Å². The zero-order valence-electron chi connectivity index (χ0n) is 10.4. The standard InChI is InChI=1S/C13H16N2OS2/c1-2-7-17-13-14-11(16)10-8-5-3-4-6-9(8)18-12(10)15-13/h2-7H2,1H3,(H,14,15,16). The number of aromatic nitrogens is 2. The molecule has 0 radical (unpaired) electrons. The van der Waals surface area contributed by atoms with Crippen molar-refractivity contribution in [2.24, 2.45) is 0 Å². The molecule has 1 aliphatic carbocycles. The predicted octanol–water partition coefficient (Wildman–Crippen LogP) is 3.37. The minimum atomic E-state index is 0.0537. The summed E-state index contributed by atoms with van der Waals surface area (Å²) in [7, 11) is 0. The molecule has 0 fully saturated rings. The van der Waals surface area contributed by atoms with Crippen molar-refractivity contribution < 1.29 is 0 Å². The quantitative estimate of drug-likeness (QED) is 0.692. The Balaban J connectivity index is 2.11. The number of hydrogen-bond acceptors (Lipinski definition) is 4. The number of rotatable bonds is 3. The van der Waals surface area contributed by atoms with E-state index in [2.05, 4.69) is 16.9 Å². The Labute approximate surface area is 114 Å². The number of aromatic amines is 1. The summed E-state index contributed by atoms with van der Waals surface area (Å²) in [5, 5.41) is 1.63. The molecule has 0 atom stereocenters. The number of aryl methyl sites for hydroxylation is 2. The smallest absolute Gasteiger partial charge is 0.260 e. The highest BCUT2D eigenvalue weighted by molar-refractivity contribution is 7.99. The number of hydrogen-bond donors (Lipinski definition) is 1. The van der Waals surface area contributed by atoms with Gasteiger partial charge in [-0.15, -0.1) is 11.3 Å². The van der Waals surface area contributed by atoms with Gasteiger partial charge < -0.3 is 4.98 Å². The summed E-state index contributed by atoms with van der Waals surface area (Å²) in [6.07, 6.45) is 5.70. The summed E-state index contributed by atoms with van der Waals surface area (Å²) in [4.78, 5) is 22.0. The van der Waals surface area contributed by atoms with Gasteiger partial charge in [0, 0.05) is 10.6 Å². The van der Waals surface area contributed by atoms with Crippen LogP contribution in [0.25, 0.3) is 10.2 Å². The van der Waals surface area contributed by atoms with E-state index in [9.17, 15) is 4.79 Å². The van der Waals surface area contributed by atoms with Crippen LogP contribution in [0.15, 0.2) is 9.95 Å². The van der Waals surface area contributed by atoms with Gasteiger partial charge in [-0.3, -0.25) is 4.79 Å². The number of nitrogens with zero attached hydrogens (tertiary/aromatic N) is 1. The van der Waals surface area contributed by atoms with Crippen LogP contribution in [0.4, 0.5) is 0 Å². The average molecular weight is 280 g/mol. The lowest BCUT2D eigenvalue weighted by Crippen LogP contribution is -2.10. The second kappa shape index (κ2) is 5.05. The minimum absolute atomic E-state index is 0.0537. The number of thioether (sulfide) groups is 1. The molecule has 0 saturated heterocycles. The van der Waals surface area contributed by atoms with E-state index in [4.69, 9.17) is 0 Å². The monoisotopic (exact) mass is 280 g/mol. The highest BCUT2D eigenvalue weighted by Crippen LogP contribution is 2.34. The molecule has 0 amide bonds. The Morgan fingerprint density at radius 1 is 1.39 bits per heavy atom. The summed E-state index contributed by atoms with van der Waals surface area (Å²) < 4.78 is 0. The molecular formula is C13H16N2OS2. The first kappa shape index (κ1) is 12.2. The van der Waals surface area contributed by atoms with E-state index < -0.39 is 0 Å². The van der Waals surface area contributed by atoms with Gasteiger partial charge in [0.05, 0.1) is 5.39 Å². The maximum Gasteiger partial charge on any atom is 0.260 e. The zero-order valence-corrected chi connectivity index (χ0v) is 12.0. The van der Waals surface area contributed by atoms with Gasteiger partial charge in [0.25, 0.3) is 5.56 Å². The maximum atomic E-state index is 12.2. The topological polar surface area (TPSA) is 45.8 Å². The van der Waals surface area contributed by atoms with Crippen LogP contribution in [-0.4, -0.2) is 15.7 Å². The molecule has 1 aliphatic rings. The first-order valence-electron chi connectivity index (χ1n) is 6.47. The van der Waals surface area contributed by atoms with Gasteiger partial charge >= 0.3 is 0 Å². The van der Waals surface area contributed by atoms with E-state index in [1.807, 2.05) is 0 Å². The van der Waals surface area contributed by atoms with Crippen molar-refractivity contribution in [2.45, 2.75) is 44.2 Å². The third-order valence-electron chi connectivity index (χ3n) is 3.25. The fourth-order valence-electron chi connectivity index (χ4n) is 2.41. The molecule has 0 spiro atoms. The van der Waals surface area contributed by atoms with Crippen molar-refractivity contribution in [1.82, 2.24) is 9.97 Å². The molecular weight excluding hydrogens is 264 g/mol. The Morgan fingerprint density at radius 2 is 2.22 bits per heavy atom. The normalized spacial score (nSPS) is 14.9. The summed E-state index contributed by atoms with van der Waals surface area (Å²) in [6.45, 7) is 2.13. The van der Waals surface area contributed by atoms with Crippen LogP contribution >= 0.6 is 23.1 Å². The van der Waals surface area contributed by atoms with Crippen LogP contribution in [0.3, 0.4) is 0 Å². The van der Waals surface area contributed by atoms with Gasteiger partial charge in [0.15, 0.2) is 5.16 Å². The third kappa shape index (κ3) is 2.10. The molecule has 0 bridgehead atoms. The Kier molecular flexibility index (Phi) is 3.43. The largest absolute Gasteiger partial charge is 0.301 e. The van der Waals surface area contributed by atoms with Gasteiger partial charge in [0.2, 0.25) is 0 Å². The lowest BCUT2D eigenvalue weighted by molar-refractivity contribution is 0.700. The molecule has 2 heterocycles. The molecule has 3 rings (SSSR count). The summed E-state index contributed by atoms with van der Waals surface area (Å²) in [5.74, 6) is 1.000. The predicted molar refractivity (Wildman–Crippen MR) is 77.9 cm³/mol. The number of H-pyrrole nitrogens is 1. The minimum Gasteiger partial charge on any atom is -0.301 e. The number of thiophene rings is 1. The van der Waals surface area contributed by atoms with Crippen molar-refractivity contribution in [3.63, 3.8) is 0 Å². The van der Waals surface area contributed by atoms with Gasteiger partial charge in [0.1, 0.15) is 4.83 Å². The van der Waals surface area contributed by atoms with Crippen LogP contribution < -0.4 is 5.56 Å². The Bertz CT molecular complexity index is 630. The van der Waals surface area contributed by atoms with E-state index in [1.165, 1.54) is 23.3 Å². The van der Waals surface area contributed by atoms with Crippen molar-refractivity contribution in [3.05, 3.63) is 20.8 Å². The molecule has 18 heavy (non-hydrogen) atoms. The highest BCUT2D eigenvalue weighted by atomic mass is 32.2. The van der Waals surface area contributed by atoms with Crippen molar-refractivity contribution in [2.75, 3.05) is 5.75 Å². The van der Waals surface area contributed by atoms with Gasteiger partial charge in [-0.1, -0.05) is 18.7 Å². The lowest BCUT2D eigenvalue weighted by atomic mass is 9.97. The Morgan fingerprint density at radius 3 is 3.06 bits per heavy atom. The van der Waals surface area contributed by atoms with Crippen molar-refractivity contribution in [3.8, 4) is 0 Å². The molecule has 0 saturated carbocycles. The van der Waals surface area contributed by atoms with Crippen molar-refractivity contribution >= 4 is 33.3 Å². The third-order valence-corrected chi connectivity index (χ3v) is 5.51. The molecule has 1 N–H and O–H groups in total. The van der Waals surface area contributed by atoms with Crippen LogP contribution in [0.2, 0.25) is 0 Å². The number of nitrogens with one attached hydrogen (secondary N) is 1. The first-order valence-corrected chi connectivity index (χ1v) is 8.27. The summed E-state index contributed by atoms with van der Waals surface area (Å²) >= 11 is 3.35. The van der Waals surface area contributed by atoms with E-state index in [-0.39, 0.29) is 5.56 Å². The molecule has 0 unspecified atom stereocenters. The van der Waals surface area contributed by atoms with E-state index in [0.29, 0.717) is 0 Å². The maximum absolute atomic E-state index is 12.2. The van der Waals surface area contributed by atoms with Crippen LogP contribution in [0.1, 0.15) is 36.6 Å². The summed E-state index contributed by atoms with van der Waals surface area (Å²) in [5.41, 5.74) is 1.32. The molecule has 2 aromatic rings. The summed E-state index contributed by atoms with van der Waals surface area (Å²) in [6, 6.07) is 0. The fraction of sp³-hybridized carbons (Fsp3) is 0.538.